The molecule has 0 radical (unpaired) electrons. The van der Waals surface area contributed by atoms with Crippen molar-refractivity contribution in [3.63, 3.8) is 0 Å². The summed E-state index contributed by atoms with van der Waals surface area (Å²) in [6.07, 6.45) is -4.11. The van der Waals surface area contributed by atoms with E-state index in [-0.39, 0.29) is 13.0 Å². The van der Waals surface area contributed by atoms with Gasteiger partial charge in [-0.1, -0.05) is 12.1 Å². The summed E-state index contributed by atoms with van der Waals surface area (Å²) in [5.41, 5.74) is 4.84. The van der Waals surface area contributed by atoms with E-state index in [1.54, 1.807) is 20.8 Å². The second kappa shape index (κ2) is 6.47. The molecule has 1 atom stereocenters. The van der Waals surface area contributed by atoms with Gasteiger partial charge in [-0.2, -0.15) is 13.2 Å². The van der Waals surface area contributed by atoms with Crippen molar-refractivity contribution in [1.82, 2.24) is 0 Å². The highest BCUT2D eigenvalue weighted by atomic mass is 19.4. The Morgan fingerprint density at radius 1 is 1.19 bits per heavy atom. The number of esters is 1. The van der Waals surface area contributed by atoms with Crippen molar-refractivity contribution in [3.05, 3.63) is 35.4 Å². The van der Waals surface area contributed by atoms with Gasteiger partial charge >= 0.3 is 12.1 Å². The van der Waals surface area contributed by atoms with Crippen LogP contribution in [0.25, 0.3) is 0 Å². The van der Waals surface area contributed by atoms with Crippen LogP contribution in [-0.2, 0) is 22.1 Å². The second-order valence-corrected chi connectivity index (χ2v) is 5.86. The first kappa shape index (κ1) is 17.5. The summed E-state index contributed by atoms with van der Waals surface area (Å²) in [4.78, 5) is 11.9. The first-order chi connectivity index (χ1) is 9.53. The Labute approximate surface area is 122 Å². The van der Waals surface area contributed by atoms with Crippen LogP contribution in [0.2, 0.25) is 0 Å². The van der Waals surface area contributed by atoms with Crippen molar-refractivity contribution in [2.75, 3.05) is 6.54 Å². The van der Waals surface area contributed by atoms with Crippen LogP contribution in [0, 0.1) is 5.92 Å². The summed E-state index contributed by atoms with van der Waals surface area (Å²) in [6.45, 7) is 5.32. The van der Waals surface area contributed by atoms with Gasteiger partial charge in [0.15, 0.2) is 0 Å². The van der Waals surface area contributed by atoms with E-state index >= 15 is 0 Å². The largest absolute Gasteiger partial charge is 0.460 e. The number of carbonyl (C=O) groups is 1. The molecule has 0 unspecified atom stereocenters. The molecule has 0 heterocycles. The number of rotatable bonds is 4. The smallest absolute Gasteiger partial charge is 0.416 e. The number of hydrogen-bond acceptors (Lipinski definition) is 3. The van der Waals surface area contributed by atoms with Gasteiger partial charge in [0, 0.05) is 6.54 Å². The highest BCUT2D eigenvalue weighted by molar-refractivity contribution is 5.73. The molecule has 0 saturated carbocycles. The van der Waals surface area contributed by atoms with Crippen LogP contribution in [0.1, 0.15) is 31.9 Å². The summed E-state index contributed by atoms with van der Waals surface area (Å²) < 4.78 is 42.6. The molecule has 1 rings (SSSR count). The van der Waals surface area contributed by atoms with Crippen LogP contribution in [0.5, 0.6) is 0 Å². The third-order valence-electron chi connectivity index (χ3n) is 2.79. The fourth-order valence-corrected chi connectivity index (χ4v) is 1.76. The Morgan fingerprint density at radius 2 is 1.71 bits per heavy atom. The molecular weight excluding hydrogens is 283 g/mol. The topological polar surface area (TPSA) is 52.3 Å². The average Bonchev–Trinajstić information content (AvgIpc) is 2.33. The molecule has 6 heteroatoms. The van der Waals surface area contributed by atoms with Gasteiger partial charge in [0.1, 0.15) is 5.60 Å². The molecule has 3 nitrogen and oxygen atoms in total. The number of alkyl halides is 3. The van der Waals surface area contributed by atoms with E-state index in [9.17, 15) is 18.0 Å². The minimum atomic E-state index is -4.36. The predicted octanol–water partition coefficient (Wildman–Crippen LogP) is 3.16. The molecule has 0 aliphatic heterocycles. The summed E-state index contributed by atoms with van der Waals surface area (Å²) in [5, 5.41) is 0. The first-order valence-electron chi connectivity index (χ1n) is 6.62. The van der Waals surface area contributed by atoms with Gasteiger partial charge < -0.3 is 10.5 Å². The van der Waals surface area contributed by atoms with Crippen molar-refractivity contribution in [1.29, 1.82) is 0 Å². The highest BCUT2D eigenvalue weighted by Crippen LogP contribution is 2.29. The molecular formula is C15H20F3NO2. The number of halogens is 3. The lowest BCUT2D eigenvalue weighted by Gasteiger charge is -2.23. The lowest BCUT2D eigenvalue weighted by Crippen LogP contribution is -2.33. The van der Waals surface area contributed by atoms with Gasteiger partial charge in [-0.3, -0.25) is 4.79 Å². The van der Waals surface area contributed by atoms with Gasteiger partial charge in [0.25, 0.3) is 0 Å². The van der Waals surface area contributed by atoms with E-state index in [1.807, 2.05) is 0 Å². The summed E-state index contributed by atoms with van der Waals surface area (Å²) >= 11 is 0. The number of ether oxygens (including phenoxy) is 1. The van der Waals surface area contributed by atoms with Crippen LogP contribution in [0.3, 0.4) is 0 Å². The van der Waals surface area contributed by atoms with Crippen LogP contribution in [-0.4, -0.2) is 18.1 Å². The maximum atomic E-state index is 12.5. The number of hydrogen-bond donors (Lipinski definition) is 1. The van der Waals surface area contributed by atoms with Crippen molar-refractivity contribution in [3.8, 4) is 0 Å². The molecule has 0 fully saturated rings. The summed E-state index contributed by atoms with van der Waals surface area (Å²) in [5.74, 6) is -1.01. The Bertz CT molecular complexity index is 475. The Morgan fingerprint density at radius 3 is 2.10 bits per heavy atom. The molecule has 118 valence electrons. The van der Waals surface area contributed by atoms with E-state index in [0.29, 0.717) is 5.56 Å². The van der Waals surface area contributed by atoms with Crippen LogP contribution in [0.15, 0.2) is 24.3 Å². The Balaban J connectivity index is 2.76. The molecule has 0 spiro atoms. The minimum Gasteiger partial charge on any atom is -0.460 e. The van der Waals surface area contributed by atoms with Crippen molar-refractivity contribution in [2.24, 2.45) is 11.7 Å². The SMILES string of the molecule is CC(C)(C)OC(=O)[C@@H](CN)Cc1ccc(C(F)(F)F)cc1. The number of benzene rings is 1. The zero-order valence-corrected chi connectivity index (χ0v) is 12.3. The van der Waals surface area contributed by atoms with Crippen LogP contribution in [0.4, 0.5) is 13.2 Å². The van der Waals surface area contributed by atoms with Gasteiger partial charge in [0.2, 0.25) is 0 Å². The summed E-state index contributed by atoms with van der Waals surface area (Å²) in [6, 6.07) is 4.71. The molecule has 0 bridgehead atoms. The van der Waals surface area contributed by atoms with Gasteiger partial charge in [-0.25, -0.2) is 0 Å². The standard InChI is InChI=1S/C15H20F3NO2/c1-14(2,3)21-13(20)11(9-19)8-10-4-6-12(7-5-10)15(16,17)18/h4-7,11H,8-9,19H2,1-3H3/t11-/m1/s1. The zero-order chi connectivity index (χ0) is 16.3. The fourth-order valence-electron chi connectivity index (χ4n) is 1.76. The quantitative estimate of drug-likeness (QED) is 0.869. The Hall–Kier alpha value is -1.56. The monoisotopic (exact) mass is 303 g/mol. The van der Waals surface area contributed by atoms with Crippen molar-refractivity contribution >= 4 is 5.97 Å². The van der Waals surface area contributed by atoms with E-state index in [4.69, 9.17) is 10.5 Å². The molecule has 2 N–H and O–H groups in total. The van der Waals surface area contributed by atoms with Crippen LogP contribution >= 0.6 is 0 Å². The number of carbonyl (C=O) groups excluding carboxylic acids is 1. The van der Waals surface area contributed by atoms with Crippen molar-refractivity contribution < 1.29 is 22.7 Å². The van der Waals surface area contributed by atoms with Gasteiger partial charge in [-0.15, -0.1) is 0 Å². The molecule has 1 aromatic rings. The lowest BCUT2D eigenvalue weighted by molar-refractivity contribution is -0.159. The number of nitrogens with two attached hydrogens (primary N) is 1. The molecule has 0 aromatic heterocycles. The highest BCUT2D eigenvalue weighted by Gasteiger charge is 2.30. The van der Waals surface area contributed by atoms with E-state index in [2.05, 4.69) is 0 Å². The third kappa shape index (κ3) is 5.75. The molecule has 0 amide bonds. The lowest BCUT2D eigenvalue weighted by atomic mass is 9.98. The predicted molar refractivity (Wildman–Crippen MR) is 73.5 cm³/mol. The normalized spacial score (nSPS) is 13.9. The average molecular weight is 303 g/mol. The molecule has 0 aliphatic carbocycles. The molecule has 21 heavy (non-hydrogen) atoms. The molecule has 0 aliphatic rings. The fraction of sp³-hybridized carbons (Fsp3) is 0.533. The maximum absolute atomic E-state index is 12.5. The summed E-state index contributed by atoms with van der Waals surface area (Å²) in [7, 11) is 0. The third-order valence-corrected chi connectivity index (χ3v) is 2.79. The van der Waals surface area contributed by atoms with E-state index in [1.165, 1.54) is 12.1 Å². The van der Waals surface area contributed by atoms with Gasteiger partial charge in [0.05, 0.1) is 11.5 Å². The van der Waals surface area contributed by atoms with Crippen molar-refractivity contribution in [2.45, 2.75) is 39.0 Å². The first-order valence-corrected chi connectivity index (χ1v) is 6.62. The maximum Gasteiger partial charge on any atom is 0.416 e. The second-order valence-electron chi connectivity index (χ2n) is 5.86. The van der Waals surface area contributed by atoms with E-state index < -0.39 is 29.2 Å². The molecule has 1 aromatic carbocycles. The van der Waals surface area contributed by atoms with Crippen LogP contribution < -0.4 is 5.73 Å². The molecule has 0 saturated heterocycles. The Kier molecular flexibility index (Phi) is 5.39. The van der Waals surface area contributed by atoms with E-state index in [0.717, 1.165) is 12.1 Å². The van der Waals surface area contributed by atoms with Gasteiger partial charge in [-0.05, 0) is 44.9 Å². The zero-order valence-electron chi connectivity index (χ0n) is 12.3. The minimum absolute atomic E-state index is 0.0793.